The van der Waals surface area contributed by atoms with Crippen molar-refractivity contribution in [2.45, 2.75) is 26.2 Å². The van der Waals surface area contributed by atoms with Crippen LogP contribution in [0.4, 0.5) is 5.69 Å². The first-order chi connectivity index (χ1) is 15.0. The highest BCUT2D eigenvalue weighted by molar-refractivity contribution is 5.93. The average molecular weight is 412 g/mol. The van der Waals surface area contributed by atoms with Crippen LogP contribution in [-0.4, -0.2) is 29.8 Å². The summed E-state index contributed by atoms with van der Waals surface area (Å²) in [6.07, 6.45) is 0. The molecule has 5 heteroatoms. The molecule has 156 valence electrons. The molecule has 0 saturated carbocycles. The van der Waals surface area contributed by atoms with Gasteiger partial charge < -0.3 is 9.64 Å². The topological polar surface area (TPSA) is 37.1 Å². The van der Waals surface area contributed by atoms with Gasteiger partial charge in [-0.3, -0.25) is 9.69 Å². The summed E-state index contributed by atoms with van der Waals surface area (Å²) in [6.45, 7) is 10.6. The number of carbonyl (C=O) groups excluding carboxylic acids is 1. The quantitative estimate of drug-likeness (QED) is 0.534. The highest BCUT2D eigenvalue weighted by Gasteiger charge is 2.18. The van der Waals surface area contributed by atoms with Crippen LogP contribution >= 0.6 is 0 Å². The predicted molar refractivity (Wildman–Crippen MR) is 121 cm³/mol. The predicted octanol–water partition coefficient (Wildman–Crippen LogP) is 5.03. The summed E-state index contributed by atoms with van der Waals surface area (Å²) in [6, 6.07) is 21.7. The van der Waals surface area contributed by atoms with Crippen molar-refractivity contribution in [3.05, 3.63) is 106 Å². The molecule has 0 spiro atoms. The molecule has 0 unspecified atom stereocenters. The van der Waals surface area contributed by atoms with Crippen molar-refractivity contribution in [3.8, 4) is 5.75 Å². The molecule has 4 rings (SSSR count). The lowest BCUT2D eigenvalue weighted by Crippen LogP contribution is -2.21. The van der Waals surface area contributed by atoms with Gasteiger partial charge in [-0.05, 0) is 46.5 Å². The molecule has 3 aromatic carbocycles. The van der Waals surface area contributed by atoms with E-state index in [9.17, 15) is 4.79 Å². The van der Waals surface area contributed by atoms with Gasteiger partial charge in [0.05, 0.1) is 6.57 Å². The molecule has 1 aliphatic heterocycles. The van der Waals surface area contributed by atoms with E-state index in [2.05, 4.69) is 34.0 Å². The van der Waals surface area contributed by atoms with E-state index in [1.807, 2.05) is 30.3 Å². The van der Waals surface area contributed by atoms with Gasteiger partial charge in [0.2, 0.25) is 5.69 Å². The molecule has 0 bridgehead atoms. The second-order valence-corrected chi connectivity index (χ2v) is 8.01. The zero-order chi connectivity index (χ0) is 21.8. The lowest BCUT2D eigenvalue weighted by atomic mass is 10.1. The number of benzene rings is 3. The molecule has 0 fully saturated rings. The molecule has 0 saturated heterocycles. The van der Waals surface area contributed by atoms with E-state index < -0.39 is 0 Å². The van der Waals surface area contributed by atoms with Crippen molar-refractivity contribution in [1.82, 2.24) is 9.80 Å². The van der Waals surface area contributed by atoms with Crippen LogP contribution in [0.15, 0.2) is 66.7 Å². The first-order valence-electron chi connectivity index (χ1n) is 10.3. The van der Waals surface area contributed by atoms with Gasteiger partial charge in [0, 0.05) is 39.3 Å². The van der Waals surface area contributed by atoms with Crippen molar-refractivity contribution >= 4 is 11.6 Å². The van der Waals surface area contributed by atoms with Crippen LogP contribution in [0.2, 0.25) is 0 Å². The molecule has 0 aliphatic carbocycles. The number of nitrogens with zero attached hydrogens (tertiary/aromatic N) is 3. The van der Waals surface area contributed by atoms with Gasteiger partial charge in [0.15, 0.2) is 0 Å². The Balaban J connectivity index is 1.39. The molecule has 1 heterocycles. The number of fused-ring (bicyclic) bond motifs is 1. The summed E-state index contributed by atoms with van der Waals surface area (Å²) in [7, 11) is 3.47. The van der Waals surface area contributed by atoms with Gasteiger partial charge in [0.25, 0.3) is 5.91 Å². The number of carbonyl (C=O) groups is 1. The molecule has 0 atom stereocenters. The highest BCUT2D eigenvalue weighted by Crippen LogP contribution is 2.31. The fourth-order valence-electron chi connectivity index (χ4n) is 3.81. The van der Waals surface area contributed by atoms with Crippen LogP contribution in [0.5, 0.6) is 5.75 Å². The average Bonchev–Trinajstić information content (AvgIpc) is 3.20. The minimum atomic E-state index is -0.0283. The molecular weight excluding hydrogens is 386 g/mol. The van der Waals surface area contributed by atoms with Gasteiger partial charge in [-0.2, -0.15) is 0 Å². The third-order valence-corrected chi connectivity index (χ3v) is 5.46. The Hall–Kier alpha value is -3.62. The van der Waals surface area contributed by atoms with Crippen LogP contribution in [0.3, 0.4) is 0 Å². The normalized spacial score (nSPS) is 12.8. The van der Waals surface area contributed by atoms with Crippen molar-refractivity contribution in [2.75, 3.05) is 14.1 Å². The van der Waals surface area contributed by atoms with Gasteiger partial charge in [-0.15, -0.1) is 0 Å². The van der Waals surface area contributed by atoms with Gasteiger partial charge >= 0.3 is 0 Å². The molecule has 0 N–H and O–H groups in total. The molecule has 1 amide bonds. The Morgan fingerprint density at radius 3 is 2.26 bits per heavy atom. The zero-order valence-corrected chi connectivity index (χ0v) is 17.8. The lowest BCUT2D eigenvalue weighted by molar-refractivity contribution is 0.0827. The standard InChI is InChI=1S/C26H25N3O2/c1-27-24-14-20(15-29-16-22-6-4-5-7-23(22)17-29)10-13-25(24)31-18-19-8-11-21(12-9-19)26(30)28(2)3/h4-14H,15-18H2,2-3H3. The lowest BCUT2D eigenvalue weighted by Gasteiger charge is -2.16. The third-order valence-electron chi connectivity index (χ3n) is 5.46. The minimum Gasteiger partial charge on any atom is -0.500 e. The van der Waals surface area contributed by atoms with Crippen LogP contribution < -0.4 is 4.74 Å². The fraction of sp³-hybridized carbons (Fsp3) is 0.231. The monoisotopic (exact) mass is 411 g/mol. The molecule has 31 heavy (non-hydrogen) atoms. The summed E-state index contributed by atoms with van der Waals surface area (Å²) >= 11 is 0. The number of amides is 1. The number of hydrogen-bond donors (Lipinski definition) is 0. The highest BCUT2D eigenvalue weighted by atomic mass is 16.5. The van der Waals surface area contributed by atoms with Crippen LogP contribution in [0.1, 0.15) is 32.6 Å². The summed E-state index contributed by atoms with van der Waals surface area (Å²) < 4.78 is 5.91. The van der Waals surface area contributed by atoms with Crippen LogP contribution in [-0.2, 0) is 26.2 Å². The number of ether oxygens (including phenoxy) is 1. The number of hydrogen-bond acceptors (Lipinski definition) is 3. The summed E-state index contributed by atoms with van der Waals surface area (Å²) in [5, 5.41) is 0. The molecular formula is C26H25N3O2. The summed E-state index contributed by atoms with van der Waals surface area (Å²) in [5.41, 5.74) is 5.98. The van der Waals surface area contributed by atoms with Gasteiger partial charge in [-0.25, -0.2) is 4.85 Å². The Bertz CT molecular complexity index is 1110. The van der Waals surface area contributed by atoms with Gasteiger partial charge in [-0.1, -0.05) is 42.5 Å². The van der Waals surface area contributed by atoms with Crippen molar-refractivity contribution in [2.24, 2.45) is 0 Å². The smallest absolute Gasteiger partial charge is 0.253 e. The Kier molecular flexibility index (Phi) is 6.01. The van der Waals surface area contributed by atoms with E-state index in [1.165, 1.54) is 11.1 Å². The van der Waals surface area contributed by atoms with E-state index in [0.29, 0.717) is 23.6 Å². The molecule has 0 aromatic heterocycles. The van der Waals surface area contributed by atoms with E-state index in [-0.39, 0.29) is 5.91 Å². The molecule has 3 aromatic rings. The first kappa shape index (κ1) is 20.6. The van der Waals surface area contributed by atoms with E-state index >= 15 is 0 Å². The fourth-order valence-corrected chi connectivity index (χ4v) is 3.81. The SMILES string of the molecule is [C-]#[N+]c1cc(CN2Cc3ccccc3C2)ccc1OCc1ccc(C(=O)N(C)C)cc1. The largest absolute Gasteiger partial charge is 0.500 e. The Morgan fingerprint density at radius 2 is 1.65 bits per heavy atom. The van der Waals surface area contributed by atoms with Crippen molar-refractivity contribution in [1.29, 1.82) is 0 Å². The first-order valence-corrected chi connectivity index (χ1v) is 10.3. The molecule has 5 nitrogen and oxygen atoms in total. The van der Waals surface area contributed by atoms with Gasteiger partial charge in [0.1, 0.15) is 12.4 Å². The summed E-state index contributed by atoms with van der Waals surface area (Å²) in [4.78, 5) is 19.6. The second-order valence-electron chi connectivity index (χ2n) is 8.01. The second kappa shape index (κ2) is 9.03. The third kappa shape index (κ3) is 4.76. The van der Waals surface area contributed by atoms with E-state index in [4.69, 9.17) is 11.3 Å². The van der Waals surface area contributed by atoms with Crippen LogP contribution in [0.25, 0.3) is 4.85 Å². The minimum absolute atomic E-state index is 0.0283. The van der Waals surface area contributed by atoms with E-state index in [0.717, 1.165) is 30.8 Å². The summed E-state index contributed by atoms with van der Waals surface area (Å²) in [5.74, 6) is 0.552. The van der Waals surface area contributed by atoms with Crippen molar-refractivity contribution < 1.29 is 9.53 Å². The van der Waals surface area contributed by atoms with E-state index in [1.54, 1.807) is 31.1 Å². The zero-order valence-electron chi connectivity index (χ0n) is 17.8. The maximum Gasteiger partial charge on any atom is 0.253 e. The number of rotatable bonds is 6. The Labute approximate surface area is 183 Å². The van der Waals surface area contributed by atoms with Crippen LogP contribution in [0, 0.1) is 6.57 Å². The maximum atomic E-state index is 12.0. The molecule has 1 aliphatic rings. The van der Waals surface area contributed by atoms with Crippen molar-refractivity contribution in [3.63, 3.8) is 0 Å². The molecule has 0 radical (unpaired) electrons. The maximum absolute atomic E-state index is 12.0. The Morgan fingerprint density at radius 1 is 1.00 bits per heavy atom.